The van der Waals surface area contributed by atoms with Gasteiger partial charge >= 0.3 is 5.97 Å². The molecule has 100 valence electrons. The summed E-state index contributed by atoms with van der Waals surface area (Å²) in [6, 6.07) is 5.03. The van der Waals surface area contributed by atoms with E-state index in [2.05, 4.69) is 9.97 Å². The molecule has 6 heteroatoms. The van der Waals surface area contributed by atoms with E-state index in [-0.39, 0.29) is 11.0 Å². The summed E-state index contributed by atoms with van der Waals surface area (Å²) in [6.45, 7) is 5.76. The number of aromatic carboxylic acids is 1. The minimum absolute atomic E-state index is 0.0469. The Labute approximate surface area is 115 Å². The van der Waals surface area contributed by atoms with E-state index in [9.17, 15) is 4.79 Å². The highest BCUT2D eigenvalue weighted by molar-refractivity contribution is 7.99. The Morgan fingerprint density at radius 1 is 1.32 bits per heavy atom. The van der Waals surface area contributed by atoms with Crippen LogP contribution in [0.5, 0.6) is 0 Å². The van der Waals surface area contributed by atoms with Crippen molar-refractivity contribution in [2.24, 2.45) is 0 Å². The predicted molar refractivity (Wildman–Crippen MR) is 71.4 cm³/mol. The normalized spacial score (nSPS) is 12.4. The number of rotatable bonds is 4. The van der Waals surface area contributed by atoms with Crippen LogP contribution >= 0.6 is 11.8 Å². The molecule has 0 amide bonds. The first-order valence-electron chi connectivity index (χ1n) is 5.77. The van der Waals surface area contributed by atoms with Gasteiger partial charge in [0, 0.05) is 11.4 Å². The first kappa shape index (κ1) is 13.6. The zero-order chi connectivity index (χ0) is 14.0. The number of nitrogens with zero attached hydrogens (tertiary/aromatic N) is 2. The highest BCUT2D eigenvalue weighted by Gasteiger charge is 2.16. The van der Waals surface area contributed by atoms with Gasteiger partial charge in [-0.2, -0.15) is 0 Å². The van der Waals surface area contributed by atoms with Crippen molar-refractivity contribution in [2.75, 3.05) is 0 Å². The zero-order valence-electron chi connectivity index (χ0n) is 10.9. The third-order valence-corrected chi connectivity index (χ3v) is 3.46. The molecule has 0 fully saturated rings. The Morgan fingerprint density at radius 2 is 1.95 bits per heavy atom. The number of aryl methyl sites for hydroxylation is 2. The summed E-state index contributed by atoms with van der Waals surface area (Å²) in [6.07, 6.45) is 0. The van der Waals surface area contributed by atoms with E-state index in [1.165, 1.54) is 17.8 Å². The second-order valence-corrected chi connectivity index (χ2v) is 5.51. The molecular weight excluding hydrogens is 264 g/mol. The number of hydrogen-bond acceptors (Lipinski definition) is 5. The van der Waals surface area contributed by atoms with Crippen LogP contribution in [0.15, 0.2) is 27.8 Å². The van der Waals surface area contributed by atoms with Crippen LogP contribution in [0.4, 0.5) is 0 Å². The van der Waals surface area contributed by atoms with Crippen LogP contribution in [-0.2, 0) is 0 Å². The molecule has 0 saturated heterocycles. The lowest BCUT2D eigenvalue weighted by Gasteiger charge is -2.08. The van der Waals surface area contributed by atoms with E-state index < -0.39 is 5.97 Å². The molecule has 0 saturated carbocycles. The van der Waals surface area contributed by atoms with Crippen molar-refractivity contribution in [1.82, 2.24) is 9.97 Å². The van der Waals surface area contributed by atoms with Crippen LogP contribution in [0.3, 0.4) is 0 Å². The summed E-state index contributed by atoms with van der Waals surface area (Å²) in [4.78, 5) is 19.4. The van der Waals surface area contributed by atoms with Gasteiger partial charge in [-0.15, -0.1) is 0 Å². The highest BCUT2D eigenvalue weighted by Crippen LogP contribution is 2.33. The average Bonchev–Trinajstić information content (AvgIpc) is 2.76. The number of hydrogen-bond donors (Lipinski definition) is 1. The van der Waals surface area contributed by atoms with E-state index in [1.807, 2.05) is 26.8 Å². The largest absolute Gasteiger partial charge is 0.475 e. The van der Waals surface area contributed by atoms with Gasteiger partial charge in [0.25, 0.3) is 0 Å². The van der Waals surface area contributed by atoms with Crippen molar-refractivity contribution >= 4 is 17.7 Å². The van der Waals surface area contributed by atoms with Crippen molar-refractivity contribution in [1.29, 1.82) is 0 Å². The molecular formula is C13H14N2O3S. The van der Waals surface area contributed by atoms with Crippen LogP contribution in [0.2, 0.25) is 0 Å². The van der Waals surface area contributed by atoms with Crippen molar-refractivity contribution in [2.45, 2.75) is 31.2 Å². The Hall–Kier alpha value is -1.82. The molecule has 1 atom stereocenters. The summed E-state index contributed by atoms with van der Waals surface area (Å²) in [7, 11) is 0. The zero-order valence-corrected chi connectivity index (χ0v) is 11.7. The number of carbonyl (C=O) groups is 1. The van der Waals surface area contributed by atoms with Crippen LogP contribution < -0.4 is 0 Å². The van der Waals surface area contributed by atoms with Gasteiger partial charge in [-0.3, -0.25) is 0 Å². The Bertz CT molecular complexity index is 589. The van der Waals surface area contributed by atoms with Gasteiger partial charge in [-0.1, -0.05) is 11.8 Å². The monoisotopic (exact) mass is 278 g/mol. The number of thioether (sulfide) groups is 1. The molecule has 1 unspecified atom stereocenters. The van der Waals surface area contributed by atoms with Crippen molar-refractivity contribution < 1.29 is 14.3 Å². The van der Waals surface area contributed by atoms with Gasteiger partial charge in [0.05, 0.1) is 5.25 Å². The van der Waals surface area contributed by atoms with E-state index in [4.69, 9.17) is 9.52 Å². The number of carboxylic acids is 1. The smallest absolute Gasteiger partial charge is 0.371 e. The predicted octanol–water partition coefficient (Wildman–Crippen LogP) is 3.24. The van der Waals surface area contributed by atoms with Crippen LogP contribution in [0.1, 0.15) is 39.9 Å². The Balaban J connectivity index is 2.15. The molecule has 0 radical (unpaired) electrons. The molecule has 0 aliphatic carbocycles. The Morgan fingerprint density at radius 3 is 2.47 bits per heavy atom. The summed E-state index contributed by atoms with van der Waals surface area (Å²) in [5.74, 6) is -0.514. The topological polar surface area (TPSA) is 76.2 Å². The molecule has 5 nitrogen and oxygen atoms in total. The average molecular weight is 278 g/mol. The lowest BCUT2D eigenvalue weighted by molar-refractivity contribution is 0.0660. The van der Waals surface area contributed by atoms with Gasteiger partial charge in [0.2, 0.25) is 5.76 Å². The number of carboxylic acid groups (broad SMARTS) is 1. The van der Waals surface area contributed by atoms with Crippen LogP contribution in [0, 0.1) is 13.8 Å². The second kappa shape index (κ2) is 5.44. The van der Waals surface area contributed by atoms with Crippen LogP contribution in [0.25, 0.3) is 0 Å². The number of aromatic nitrogens is 2. The van der Waals surface area contributed by atoms with Crippen molar-refractivity contribution in [3.8, 4) is 0 Å². The van der Waals surface area contributed by atoms with E-state index in [0.29, 0.717) is 10.9 Å². The first-order chi connectivity index (χ1) is 8.95. The standard InChI is InChI=1S/C13H14N2O3S/c1-7-6-8(2)15-13(14-7)19-9(3)10-4-5-11(18-10)12(16)17/h4-6,9H,1-3H3,(H,16,17). The van der Waals surface area contributed by atoms with E-state index >= 15 is 0 Å². The minimum Gasteiger partial charge on any atom is -0.475 e. The molecule has 19 heavy (non-hydrogen) atoms. The summed E-state index contributed by atoms with van der Waals surface area (Å²) < 4.78 is 5.26. The fourth-order valence-corrected chi connectivity index (χ4v) is 2.60. The molecule has 0 aliphatic heterocycles. The lowest BCUT2D eigenvalue weighted by atomic mass is 10.3. The highest BCUT2D eigenvalue weighted by atomic mass is 32.2. The fraction of sp³-hybridized carbons (Fsp3) is 0.308. The van der Waals surface area contributed by atoms with Gasteiger partial charge in [-0.25, -0.2) is 14.8 Å². The van der Waals surface area contributed by atoms with Gasteiger partial charge < -0.3 is 9.52 Å². The molecule has 0 aliphatic rings. The first-order valence-corrected chi connectivity index (χ1v) is 6.65. The summed E-state index contributed by atoms with van der Waals surface area (Å²) in [5.41, 5.74) is 1.82. The van der Waals surface area contributed by atoms with Crippen molar-refractivity contribution in [3.05, 3.63) is 41.1 Å². The molecule has 0 aromatic carbocycles. The van der Waals surface area contributed by atoms with Gasteiger partial charge in [0.15, 0.2) is 5.16 Å². The summed E-state index contributed by atoms with van der Waals surface area (Å²) in [5, 5.41) is 9.44. The number of furan rings is 1. The molecule has 0 bridgehead atoms. The third kappa shape index (κ3) is 3.35. The second-order valence-electron chi connectivity index (χ2n) is 4.20. The Kier molecular flexibility index (Phi) is 3.90. The molecule has 0 spiro atoms. The third-order valence-electron chi connectivity index (χ3n) is 2.48. The molecule has 1 N–H and O–H groups in total. The maximum Gasteiger partial charge on any atom is 0.371 e. The minimum atomic E-state index is -1.06. The molecule has 2 aromatic rings. The molecule has 2 heterocycles. The summed E-state index contributed by atoms with van der Waals surface area (Å²) >= 11 is 1.44. The quantitative estimate of drug-likeness (QED) is 0.683. The maximum absolute atomic E-state index is 10.8. The maximum atomic E-state index is 10.8. The van der Waals surface area contributed by atoms with Gasteiger partial charge in [0.1, 0.15) is 5.76 Å². The van der Waals surface area contributed by atoms with Crippen LogP contribution in [-0.4, -0.2) is 21.0 Å². The van der Waals surface area contributed by atoms with E-state index in [0.717, 1.165) is 11.4 Å². The lowest BCUT2D eigenvalue weighted by Crippen LogP contribution is -1.95. The molecule has 2 aromatic heterocycles. The van der Waals surface area contributed by atoms with E-state index in [1.54, 1.807) is 6.07 Å². The molecule has 2 rings (SSSR count). The fourth-order valence-electron chi connectivity index (χ4n) is 1.65. The van der Waals surface area contributed by atoms with Gasteiger partial charge in [-0.05, 0) is 39.0 Å². The van der Waals surface area contributed by atoms with Crippen molar-refractivity contribution in [3.63, 3.8) is 0 Å². The SMILES string of the molecule is Cc1cc(C)nc(SC(C)c2ccc(C(=O)O)o2)n1.